The van der Waals surface area contributed by atoms with Gasteiger partial charge in [-0.25, -0.2) is 0 Å². The van der Waals surface area contributed by atoms with Gasteiger partial charge in [0.15, 0.2) is 0 Å². The molecule has 0 saturated carbocycles. The van der Waals surface area contributed by atoms with E-state index in [9.17, 15) is 4.79 Å². The Morgan fingerprint density at radius 3 is 2.67 bits per heavy atom. The molecule has 0 fully saturated rings. The van der Waals surface area contributed by atoms with Gasteiger partial charge in [0.05, 0.1) is 12.2 Å². The molecule has 1 amide bonds. The normalized spacial score (nSPS) is 10.9. The Labute approximate surface area is 108 Å². The average Bonchev–Trinajstić information content (AvgIpc) is 2.28. The molecule has 0 spiro atoms. The molecule has 0 aromatic heterocycles. The van der Waals surface area contributed by atoms with Crippen molar-refractivity contribution in [2.45, 2.75) is 39.3 Å². The monoisotopic (exact) mass is 246 g/mol. The second kappa shape index (κ2) is 5.54. The van der Waals surface area contributed by atoms with Crippen molar-refractivity contribution in [1.82, 2.24) is 5.32 Å². The van der Waals surface area contributed by atoms with Crippen LogP contribution in [0.3, 0.4) is 0 Å². The molecule has 96 valence electrons. The highest BCUT2D eigenvalue weighted by Crippen LogP contribution is 2.15. The Hall–Kier alpha value is -2.02. The molecule has 4 nitrogen and oxygen atoms in total. The van der Waals surface area contributed by atoms with E-state index in [4.69, 9.17) is 10.00 Å². The Morgan fingerprint density at radius 2 is 2.11 bits per heavy atom. The number of ether oxygens (including phenoxy) is 1. The third kappa shape index (κ3) is 4.10. The summed E-state index contributed by atoms with van der Waals surface area (Å²) in [6, 6.07) is 8.94. The largest absolute Gasteiger partial charge is 0.491 e. The second-order valence-corrected chi connectivity index (χ2v) is 4.89. The van der Waals surface area contributed by atoms with Gasteiger partial charge in [-0.2, -0.15) is 5.26 Å². The van der Waals surface area contributed by atoms with Crippen molar-refractivity contribution < 1.29 is 9.53 Å². The van der Waals surface area contributed by atoms with Crippen LogP contribution < -0.4 is 10.1 Å². The van der Waals surface area contributed by atoms with Gasteiger partial charge in [-0.05, 0) is 45.9 Å². The van der Waals surface area contributed by atoms with Crippen LogP contribution in [0.1, 0.15) is 38.1 Å². The number of rotatable bonds is 4. The zero-order valence-corrected chi connectivity index (χ0v) is 11.2. The van der Waals surface area contributed by atoms with Crippen molar-refractivity contribution in [3.63, 3.8) is 0 Å². The van der Waals surface area contributed by atoms with Crippen molar-refractivity contribution >= 4 is 5.91 Å². The van der Waals surface area contributed by atoms with Crippen LogP contribution in [0.4, 0.5) is 0 Å². The second-order valence-electron chi connectivity index (χ2n) is 4.89. The average molecular weight is 246 g/mol. The molecule has 0 aliphatic heterocycles. The maximum Gasteiger partial charge on any atom is 0.252 e. The summed E-state index contributed by atoms with van der Waals surface area (Å²) in [6.45, 7) is 7.15. The molecule has 1 aromatic rings. The molecule has 0 atom stereocenters. The zero-order chi connectivity index (χ0) is 13.8. The first-order valence-electron chi connectivity index (χ1n) is 5.84. The molecule has 0 heterocycles. The minimum atomic E-state index is -0.883. The first-order valence-corrected chi connectivity index (χ1v) is 5.84. The van der Waals surface area contributed by atoms with Crippen LogP contribution in [0.5, 0.6) is 5.75 Å². The lowest BCUT2D eigenvalue weighted by Crippen LogP contribution is -2.42. The van der Waals surface area contributed by atoms with Gasteiger partial charge in [0.2, 0.25) is 0 Å². The summed E-state index contributed by atoms with van der Waals surface area (Å²) in [5.74, 6) is 0.364. The van der Waals surface area contributed by atoms with E-state index in [1.807, 2.05) is 19.9 Å². The van der Waals surface area contributed by atoms with Crippen LogP contribution in [-0.2, 0) is 0 Å². The highest BCUT2D eigenvalue weighted by molar-refractivity contribution is 5.95. The van der Waals surface area contributed by atoms with Gasteiger partial charge in [0.25, 0.3) is 5.91 Å². The number of hydrogen-bond acceptors (Lipinski definition) is 3. The first-order chi connectivity index (χ1) is 8.34. The van der Waals surface area contributed by atoms with Gasteiger partial charge >= 0.3 is 0 Å². The third-order valence-electron chi connectivity index (χ3n) is 2.17. The van der Waals surface area contributed by atoms with Gasteiger partial charge in [-0.3, -0.25) is 4.79 Å². The molecule has 0 bridgehead atoms. The third-order valence-corrected chi connectivity index (χ3v) is 2.17. The maximum atomic E-state index is 11.9. The summed E-state index contributed by atoms with van der Waals surface area (Å²) in [6.07, 6.45) is 0.0545. The first kappa shape index (κ1) is 14.0. The van der Waals surface area contributed by atoms with E-state index in [0.717, 1.165) is 0 Å². The van der Waals surface area contributed by atoms with Crippen molar-refractivity contribution in [1.29, 1.82) is 5.26 Å². The number of carbonyl (C=O) groups is 1. The fourth-order valence-electron chi connectivity index (χ4n) is 1.37. The smallest absolute Gasteiger partial charge is 0.252 e. The summed E-state index contributed by atoms with van der Waals surface area (Å²) in [4.78, 5) is 11.9. The van der Waals surface area contributed by atoms with E-state index in [1.165, 1.54) is 0 Å². The minimum absolute atomic E-state index is 0.0545. The number of amides is 1. The molecule has 1 N–H and O–H groups in total. The fourth-order valence-corrected chi connectivity index (χ4v) is 1.37. The van der Waals surface area contributed by atoms with Gasteiger partial charge in [0.1, 0.15) is 11.3 Å². The summed E-state index contributed by atoms with van der Waals surface area (Å²) < 4.78 is 5.52. The number of benzene rings is 1. The Kier molecular flexibility index (Phi) is 4.33. The highest BCUT2D eigenvalue weighted by atomic mass is 16.5. The van der Waals surface area contributed by atoms with Crippen LogP contribution in [0.15, 0.2) is 24.3 Å². The molecule has 4 heteroatoms. The fraction of sp³-hybridized carbons (Fsp3) is 0.429. The van der Waals surface area contributed by atoms with Gasteiger partial charge in [-0.1, -0.05) is 6.07 Å². The summed E-state index contributed by atoms with van der Waals surface area (Å²) in [7, 11) is 0. The van der Waals surface area contributed by atoms with Crippen molar-refractivity contribution in [3.8, 4) is 11.8 Å². The number of nitrogens with zero attached hydrogens (tertiary/aromatic N) is 1. The van der Waals surface area contributed by atoms with Crippen LogP contribution in [0, 0.1) is 11.3 Å². The molecule has 1 rings (SSSR count). The molecular weight excluding hydrogens is 228 g/mol. The van der Waals surface area contributed by atoms with E-state index >= 15 is 0 Å². The quantitative estimate of drug-likeness (QED) is 0.887. The van der Waals surface area contributed by atoms with Crippen LogP contribution >= 0.6 is 0 Å². The zero-order valence-electron chi connectivity index (χ0n) is 11.2. The van der Waals surface area contributed by atoms with Crippen molar-refractivity contribution in [2.75, 3.05) is 0 Å². The number of hydrogen-bond donors (Lipinski definition) is 1. The van der Waals surface area contributed by atoms with Crippen LogP contribution in [-0.4, -0.2) is 17.6 Å². The maximum absolute atomic E-state index is 11.9. The molecule has 0 aliphatic rings. The lowest BCUT2D eigenvalue weighted by Gasteiger charge is -2.18. The predicted molar refractivity (Wildman–Crippen MR) is 69.4 cm³/mol. The van der Waals surface area contributed by atoms with Gasteiger partial charge in [-0.15, -0.1) is 0 Å². The van der Waals surface area contributed by atoms with Gasteiger partial charge in [0, 0.05) is 5.56 Å². The lowest BCUT2D eigenvalue weighted by atomic mass is 10.1. The Morgan fingerprint density at radius 1 is 1.44 bits per heavy atom. The van der Waals surface area contributed by atoms with E-state index in [1.54, 1.807) is 38.1 Å². The number of carbonyl (C=O) groups excluding carboxylic acids is 1. The molecule has 18 heavy (non-hydrogen) atoms. The summed E-state index contributed by atoms with van der Waals surface area (Å²) >= 11 is 0. The van der Waals surface area contributed by atoms with E-state index in [0.29, 0.717) is 11.3 Å². The van der Waals surface area contributed by atoms with Gasteiger partial charge < -0.3 is 10.1 Å². The van der Waals surface area contributed by atoms with Crippen LogP contribution in [0.2, 0.25) is 0 Å². The Bertz CT molecular complexity index is 473. The summed E-state index contributed by atoms with van der Waals surface area (Å²) in [5, 5.41) is 11.5. The van der Waals surface area contributed by atoms with Crippen molar-refractivity contribution in [3.05, 3.63) is 29.8 Å². The standard InChI is InChI=1S/C14H18N2O2/c1-10(2)18-12-7-5-6-11(8-12)13(17)16-14(3,4)9-15/h5-8,10H,1-4H3,(H,16,17). The van der Waals surface area contributed by atoms with Crippen LogP contribution in [0.25, 0.3) is 0 Å². The SMILES string of the molecule is CC(C)Oc1cccc(C(=O)NC(C)(C)C#N)c1. The molecule has 0 radical (unpaired) electrons. The molecule has 1 aromatic carbocycles. The Balaban J connectivity index is 2.84. The predicted octanol–water partition coefficient (Wildman–Crippen LogP) is 2.51. The topological polar surface area (TPSA) is 62.1 Å². The number of nitrogens with one attached hydrogen (secondary N) is 1. The van der Waals surface area contributed by atoms with Crippen molar-refractivity contribution in [2.24, 2.45) is 0 Å². The lowest BCUT2D eigenvalue weighted by molar-refractivity contribution is 0.0928. The number of nitriles is 1. The van der Waals surface area contributed by atoms with E-state index in [2.05, 4.69) is 5.32 Å². The minimum Gasteiger partial charge on any atom is -0.491 e. The molecular formula is C14H18N2O2. The van der Waals surface area contributed by atoms with E-state index in [-0.39, 0.29) is 12.0 Å². The summed E-state index contributed by atoms with van der Waals surface area (Å²) in [5.41, 5.74) is -0.400. The highest BCUT2D eigenvalue weighted by Gasteiger charge is 2.20. The molecule has 0 saturated heterocycles. The molecule has 0 unspecified atom stereocenters. The van der Waals surface area contributed by atoms with E-state index < -0.39 is 5.54 Å². The molecule has 0 aliphatic carbocycles.